The first-order valence-corrected chi connectivity index (χ1v) is 9.09. The molecule has 0 spiro atoms. The highest BCUT2D eigenvalue weighted by Crippen LogP contribution is 2.13. The molecule has 128 valence electrons. The highest BCUT2D eigenvalue weighted by atomic mass is 16.5. The van der Waals surface area contributed by atoms with Crippen molar-refractivity contribution in [1.82, 2.24) is 15.1 Å². The molecular weight excluding hydrogens is 276 g/mol. The molecule has 2 fully saturated rings. The third-order valence-corrected chi connectivity index (χ3v) is 4.60. The van der Waals surface area contributed by atoms with Crippen molar-refractivity contribution in [2.24, 2.45) is 10.9 Å². The summed E-state index contributed by atoms with van der Waals surface area (Å²) in [5.74, 6) is 1.71. The predicted octanol–water partition coefficient (Wildman–Crippen LogP) is 1.80. The Hall–Kier alpha value is -0.810. The van der Waals surface area contributed by atoms with Gasteiger partial charge < -0.3 is 19.9 Å². The third kappa shape index (κ3) is 6.13. The number of hydrogen-bond donors (Lipinski definition) is 1. The SMILES string of the molecule is CCNC(=NCCCCN1CCCC1)N(C)CC1CCOC1. The van der Waals surface area contributed by atoms with E-state index >= 15 is 0 Å². The van der Waals surface area contributed by atoms with Crippen LogP contribution >= 0.6 is 0 Å². The van der Waals surface area contributed by atoms with Crippen LogP contribution in [0.5, 0.6) is 0 Å². The Morgan fingerprint density at radius 2 is 2.14 bits per heavy atom. The van der Waals surface area contributed by atoms with Crippen molar-refractivity contribution < 1.29 is 4.74 Å². The molecule has 1 atom stereocenters. The summed E-state index contributed by atoms with van der Waals surface area (Å²) in [7, 11) is 2.14. The Morgan fingerprint density at radius 3 is 2.82 bits per heavy atom. The molecule has 0 aromatic carbocycles. The Labute approximate surface area is 136 Å². The number of rotatable bonds is 8. The maximum Gasteiger partial charge on any atom is 0.193 e. The van der Waals surface area contributed by atoms with Crippen LogP contribution in [-0.2, 0) is 4.74 Å². The Kier molecular flexibility index (Phi) is 8.02. The van der Waals surface area contributed by atoms with Gasteiger partial charge in [-0.15, -0.1) is 0 Å². The van der Waals surface area contributed by atoms with Crippen molar-refractivity contribution in [1.29, 1.82) is 0 Å². The second-order valence-corrected chi connectivity index (χ2v) is 6.60. The topological polar surface area (TPSA) is 40.1 Å². The summed E-state index contributed by atoms with van der Waals surface area (Å²) in [5.41, 5.74) is 0. The van der Waals surface area contributed by atoms with E-state index in [9.17, 15) is 0 Å². The monoisotopic (exact) mass is 310 g/mol. The lowest BCUT2D eigenvalue weighted by Crippen LogP contribution is -2.41. The van der Waals surface area contributed by atoms with Crippen LogP contribution in [0.4, 0.5) is 0 Å². The van der Waals surface area contributed by atoms with E-state index < -0.39 is 0 Å². The van der Waals surface area contributed by atoms with Gasteiger partial charge in [-0.1, -0.05) is 0 Å². The van der Waals surface area contributed by atoms with E-state index in [1.807, 2.05) is 0 Å². The second kappa shape index (κ2) is 10.1. The molecule has 1 N–H and O–H groups in total. The average Bonchev–Trinajstić information content (AvgIpc) is 3.19. The van der Waals surface area contributed by atoms with E-state index in [2.05, 4.69) is 29.1 Å². The lowest BCUT2D eigenvalue weighted by Gasteiger charge is -2.24. The van der Waals surface area contributed by atoms with E-state index in [0.717, 1.165) is 38.8 Å². The number of ether oxygens (including phenoxy) is 1. The second-order valence-electron chi connectivity index (χ2n) is 6.60. The first-order chi connectivity index (χ1) is 10.8. The van der Waals surface area contributed by atoms with Gasteiger partial charge in [0.25, 0.3) is 0 Å². The summed E-state index contributed by atoms with van der Waals surface area (Å²) < 4.78 is 5.47. The van der Waals surface area contributed by atoms with Crippen molar-refractivity contribution in [2.45, 2.75) is 39.0 Å². The maximum atomic E-state index is 5.47. The fourth-order valence-electron chi connectivity index (χ4n) is 3.31. The quantitative estimate of drug-likeness (QED) is 0.422. The molecule has 2 heterocycles. The summed E-state index contributed by atoms with van der Waals surface area (Å²) in [6.45, 7) is 10.7. The number of guanidine groups is 1. The normalized spacial score (nSPS) is 23.2. The minimum absolute atomic E-state index is 0.657. The molecule has 2 saturated heterocycles. The summed E-state index contributed by atoms with van der Waals surface area (Å²) >= 11 is 0. The summed E-state index contributed by atoms with van der Waals surface area (Å²) in [6.07, 6.45) is 6.41. The van der Waals surface area contributed by atoms with E-state index in [4.69, 9.17) is 9.73 Å². The smallest absolute Gasteiger partial charge is 0.193 e. The number of aliphatic imine (C=N–C) groups is 1. The molecule has 0 amide bonds. The number of hydrogen-bond acceptors (Lipinski definition) is 3. The van der Waals surface area contributed by atoms with Gasteiger partial charge in [-0.3, -0.25) is 4.99 Å². The first kappa shape index (κ1) is 17.5. The number of nitrogens with zero attached hydrogens (tertiary/aromatic N) is 3. The molecular formula is C17H34N4O. The van der Waals surface area contributed by atoms with Gasteiger partial charge in [-0.05, 0) is 58.7 Å². The zero-order valence-corrected chi connectivity index (χ0v) is 14.5. The van der Waals surface area contributed by atoms with Crippen LogP contribution in [0.2, 0.25) is 0 Å². The van der Waals surface area contributed by atoms with E-state index in [1.54, 1.807) is 0 Å². The van der Waals surface area contributed by atoms with Crippen molar-refractivity contribution in [3.8, 4) is 0 Å². The van der Waals surface area contributed by atoms with E-state index in [-0.39, 0.29) is 0 Å². The van der Waals surface area contributed by atoms with Crippen LogP contribution in [0.15, 0.2) is 4.99 Å². The van der Waals surface area contributed by atoms with Crippen LogP contribution in [-0.4, -0.2) is 75.3 Å². The molecule has 0 aliphatic carbocycles. The molecule has 2 aliphatic rings. The summed E-state index contributed by atoms with van der Waals surface area (Å²) in [4.78, 5) is 9.64. The first-order valence-electron chi connectivity index (χ1n) is 9.09. The highest BCUT2D eigenvalue weighted by molar-refractivity contribution is 5.79. The molecule has 0 aromatic rings. The highest BCUT2D eigenvalue weighted by Gasteiger charge is 2.19. The van der Waals surface area contributed by atoms with Crippen LogP contribution in [0.1, 0.15) is 39.0 Å². The number of unbranched alkanes of at least 4 members (excludes halogenated alkanes) is 1. The minimum Gasteiger partial charge on any atom is -0.381 e. The number of nitrogens with one attached hydrogen (secondary N) is 1. The van der Waals surface area contributed by atoms with Gasteiger partial charge in [0.15, 0.2) is 5.96 Å². The average molecular weight is 310 g/mol. The molecule has 2 rings (SSSR count). The van der Waals surface area contributed by atoms with Gasteiger partial charge in [-0.25, -0.2) is 0 Å². The maximum absolute atomic E-state index is 5.47. The van der Waals surface area contributed by atoms with Crippen molar-refractivity contribution in [2.75, 3.05) is 59.5 Å². The lowest BCUT2D eigenvalue weighted by molar-refractivity contribution is 0.181. The van der Waals surface area contributed by atoms with Gasteiger partial charge in [-0.2, -0.15) is 0 Å². The van der Waals surface area contributed by atoms with E-state index in [1.165, 1.54) is 51.7 Å². The van der Waals surface area contributed by atoms with Gasteiger partial charge in [0.05, 0.1) is 6.61 Å². The van der Waals surface area contributed by atoms with Crippen LogP contribution in [0.25, 0.3) is 0 Å². The lowest BCUT2D eigenvalue weighted by atomic mass is 10.1. The van der Waals surface area contributed by atoms with Gasteiger partial charge >= 0.3 is 0 Å². The summed E-state index contributed by atoms with van der Waals surface area (Å²) in [6, 6.07) is 0. The van der Waals surface area contributed by atoms with Crippen molar-refractivity contribution in [3.63, 3.8) is 0 Å². The fraction of sp³-hybridized carbons (Fsp3) is 0.941. The van der Waals surface area contributed by atoms with Gasteiger partial charge in [0.1, 0.15) is 0 Å². The predicted molar refractivity (Wildman–Crippen MR) is 92.4 cm³/mol. The Bertz CT molecular complexity index is 323. The van der Waals surface area contributed by atoms with Crippen molar-refractivity contribution >= 4 is 5.96 Å². The largest absolute Gasteiger partial charge is 0.381 e. The minimum atomic E-state index is 0.657. The molecule has 22 heavy (non-hydrogen) atoms. The van der Waals surface area contributed by atoms with Crippen LogP contribution in [0, 0.1) is 5.92 Å². The third-order valence-electron chi connectivity index (χ3n) is 4.60. The fourth-order valence-corrected chi connectivity index (χ4v) is 3.31. The van der Waals surface area contributed by atoms with Gasteiger partial charge in [0.2, 0.25) is 0 Å². The molecule has 0 bridgehead atoms. The van der Waals surface area contributed by atoms with Gasteiger partial charge in [0, 0.05) is 39.2 Å². The standard InChI is InChI=1S/C17H34N4O/c1-3-18-17(20(2)14-16-8-13-22-15-16)19-9-4-5-10-21-11-6-7-12-21/h16H,3-15H2,1-2H3,(H,18,19). The molecule has 1 unspecified atom stereocenters. The molecule has 5 nitrogen and oxygen atoms in total. The van der Waals surface area contributed by atoms with Crippen LogP contribution in [0.3, 0.4) is 0 Å². The number of likely N-dealkylation sites (tertiary alicyclic amines) is 1. The summed E-state index contributed by atoms with van der Waals surface area (Å²) in [5, 5.41) is 3.41. The molecule has 0 aromatic heterocycles. The molecule has 0 saturated carbocycles. The van der Waals surface area contributed by atoms with Crippen molar-refractivity contribution in [3.05, 3.63) is 0 Å². The zero-order chi connectivity index (χ0) is 15.6. The zero-order valence-electron chi connectivity index (χ0n) is 14.5. The Balaban J connectivity index is 1.66. The Morgan fingerprint density at radius 1 is 1.32 bits per heavy atom. The molecule has 5 heteroatoms. The van der Waals surface area contributed by atoms with Crippen LogP contribution < -0.4 is 5.32 Å². The van der Waals surface area contributed by atoms with E-state index in [0.29, 0.717) is 5.92 Å². The molecule has 0 radical (unpaired) electrons. The molecule has 2 aliphatic heterocycles.